The molecule has 1 unspecified atom stereocenters. The zero-order valence-electron chi connectivity index (χ0n) is 14.4. The zero-order valence-corrected chi connectivity index (χ0v) is 14.4. The Morgan fingerprint density at radius 2 is 2.12 bits per heavy atom. The summed E-state index contributed by atoms with van der Waals surface area (Å²) < 4.78 is 6.17. The number of ether oxygens (including phenoxy) is 1. The van der Waals surface area contributed by atoms with Gasteiger partial charge < -0.3 is 14.7 Å². The van der Waals surface area contributed by atoms with Crippen molar-refractivity contribution in [3.05, 3.63) is 59.3 Å². The Labute approximate surface area is 148 Å². The van der Waals surface area contributed by atoms with Gasteiger partial charge in [-0.2, -0.15) is 5.26 Å². The van der Waals surface area contributed by atoms with Gasteiger partial charge in [-0.15, -0.1) is 0 Å². The Balaban J connectivity index is 1.77. The number of hydrogen-bond donors (Lipinski definition) is 1. The van der Waals surface area contributed by atoms with Gasteiger partial charge in [-0.3, -0.25) is 0 Å². The fourth-order valence-corrected chi connectivity index (χ4v) is 3.12. The summed E-state index contributed by atoms with van der Waals surface area (Å²) in [5.74, 6) is 0.387. The quantitative estimate of drug-likeness (QED) is 0.878. The van der Waals surface area contributed by atoms with Gasteiger partial charge in [-0.25, -0.2) is 4.98 Å². The van der Waals surface area contributed by atoms with Crippen LogP contribution >= 0.6 is 0 Å². The number of β-amino-alcohol motifs (C(OH)–C–C–N with tert-alkyl or cyclic N) is 1. The molecule has 130 valence electrons. The van der Waals surface area contributed by atoms with Crippen LogP contribution in [0.3, 0.4) is 0 Å². The summed E-state index contributed by atoms with van der Waals surface area (Å²) in [7, 11) is 0. The number of aryl methyl sites for hydroxylation is 1. The molecular formula is C20H23N3O2. The molecule has 3 rings (SSSR count). The van der Waals surface area contributed by atoms with Gasteiger partial charge in [0.15, 0.2) is 0 Å². The molecular weight excluding hydrogens is 314 g/mol. The minimum atomic E-state index is -0.222. The van der Waals surface area contributed by atoms with Crippen LogP contribution in [-0.4, -0.2) is 40.7 Å². The SMILES string of the molecule is Cc1ccc(C#N)c(OC(CCN2CC[C@@H](O)C2)c2ccccc2)n1. The van der Waals surface area contributed by atoms with Crippen LogP contribution in [0.25, 0.3) is 0 Å². The first-order valence-electron chi connectivity index (χ1n) is 8.65. The fourth-order valence-electron chi connectivity index (χ4n) is 3.12. The van der Waals surface area contributed by atoms with Gasteiger partial charge in [0.25, 0.3) is 0 Å². The first-order valence-corrected chi connectivity index (χ1v) is 8.65. The maximum atomic E-state index is 9.70. The van der Waals surface area contributed by atoms with Gasteiger partial charge in [-0.1, -0.05) is 30.3 Å². The molecule has 0 saturated carbocycles. The fraction of sp³-hybridized carbons (Fsp3) is 0.400. The number of likely N-dealkylation sites (tertiary alicyclic amines) is 1. The van der Waals surface area contributed by atoms with Crippen LogP contribution in [0.15, 0.2) is 42.5 Å². The maximum Gasteiger partial charge on any atom is 0.232 e. The first-order chi connectivity index (χ1) is 12.2. The Hall–Kier alpha value is -2.42. The van der Waals surface area contributed by atoms with E-state index < -0.39 is 0 Å². The number of rotatable bonds is 6. The minimum absolute atomic E-state index is 0.180. The third-order valence-electron chi connectivity index (χ3n) is 4.50. The van der Waals surface area contributed by atoms with E-state index in [-0.39, 0.29) is 12.2 Å². The van der Waals surface area contributed by atoms with E-state index in [0.717, 1.165) is 37.2 Å². The smallest absolute Gasteiger partial charge is 0.232 e. The Bertz CT molecular complexity index is 742. The van der Waals surface area contributed by atoms with Gasteiger partial charge in [0, 0.05) is 31.7 Å². The van der Waals surface area contributed by atoms with E-state index in [9.17, 15) is 10.4 Å². The largest absolute Gasteiger partial charge is 0.468 e. The molecule has 0 spiro atoms. The van der Waals surface area contributed by atoms with Crippen molar-refractivity contribution in [3.8, 4) is 11.9 Å². The highest BCUT2D eigenvalue weighted by Crippen LogP contribution is 2.27. The van der Waals surface area contributed by atoms with Gasteiger partial charge >= 0.3 is 0 Å². The molecule has 1 aromatic carbocycles. The lowest BCUT2D eigenvalue weighted by atomic mass is 10.1. The van der Waals surface area contributed by atoms with Crippen molar-refractivity contribution in [2.75, 3.05) is 19.6 Å². The molecule has 25 heavy (non-hydrogen) atoms. The maximum absolute atomic E-state index is 9.70. The molecule has 0 amide bonds. The second kappa shape index (κ2) is 8.11. The number of pyridine rings is 1. The lowest BCUT2D eigenvalue weighted by Gasteiger charge is -2.23. The van der Waals surface area contributed by atoms with Crippen molar-refractivity contribution in [2.45, 2.75) is 32.0 Å². The highest BCUT2D eigenvalue weighted by atomic mass is 16.5. The number of nitriles is 1. The molecule has 0 radical (unpaired) electrons. The van der Waals surface area contributed by atoms with Crippen LogP contribution in [0, 0.1) is 18.3 Å². The van der Waals surface area contributed by atoms with E-state index in [1.165, 1.54) is 0 Å². The van der Waals surface area contributed by atoms with Gasteiger partial charge in [0.1, 0.15) is 17.7 Å². The van der Waals surface area contributed by atoms with Crippen LogP contribution in [0.1, 0.15) is 35.8 Å². The number of aliphatic hydroxyl groups is 1. The average Bonchev–Trinajstić information content (AvgIpc) is 3.05. The Kier molecular flexibility index (Phi) is 5.64. The van der Waals surface area contributed by atoms with Crippen molar-refractivity contribution in [1.82, 2.24) is 9.88 Å². The number of benzene rings is 1. The number of nitrogens with zero attached hydrogens (tertiary/aromatic N) is 3. The van der Waals surface area contributed by atoms with E-state index in [0.29, 0.717) is 18.0 Å². The van der Waals surface area contributed by atoms with Gasteiger partial charge in [0.05, 0.1) is 6.10 Å². The van der Waals surface area contributed by atoms with E-state index in [1.54, 1.807) is 6.07 Å². The predicted molar refractivity (Wildman–Crippen MR) is 95.2 cm³/mol. The van der Waals surface area contributed by atoms with Crippen molar-refractivity contribution < 1.29 is 9.84 Å². The number of aromatic nitrogens is 1. The Morgan fingerprint density at radius 1 is 1.32 bits per heavy atom. The van der Waals surface area contributed by atoms with Crippen molar-refractivity contribution in [2.24, 2.45) is 0 Å². The lowest BCUT2D eigenvalue weighted by molar-refractivity contribution is 0.150. The molecule has 1 aliphatic heterocycles. The lowest BCUT2D eigenvalue weighted by Crippen LogP contribution is -2.25. The van der Waals surface area contributed by atoms with Crippen molar-refractivity contribution in [1.29, 1.82) is 5.26 Å². The molecule has 5 heteroatoms. The summed E-state index contributed by atoms with van der Waals surface area (Å²) in [6.45, 7) is 4.35. The van der Waals surface area contributed by atoms with Crippen molar-refractivity contribution in [3.63, 3.8) is 0 Å². The predicted octanol–water partition coefficient (Wildman–Crippen LogP) is 2.84. The molecule has 1 aromatic heterocycles. The molecule has 1 fully saturated rings. The third-order valence-corrected chi connectivity index (χ3v) is 4.50. The summed E-state index contributed by atoms with van der Waals surface area (Å²) in [5, 5.41) is 19.0. The molecule has 5 nitrogen and oxygen atoms in total. The topological polar surface area (TPSA) is 69.4 Å². The second-order valence-corrected chi connectivity index (χ2v) is 6.47. The van der Waals surface area contributed by atoms with Crippen molar-refractivity contribution >= 4 is 0 Å². The van der Waals surface area contributed by atoms with E-state index in [4.69, 9.17) is 4.74 Å². The number of aliphatic hydroxyl groups excluding tert-OH is 1. The van der Waals surface area contributed by atoms with E-state index in [1.807, 2.05) is 43.3 Å². The summed E-state index contributed by atoms with van der Waals surface area (Å²) in [4.78, 5) is 6.65. The molecule has 1 saturated heterocycles. The third kappa shape index (κ3) is 4.56. The van der Waals surface area contributed by atoms with Gasteiger partial charge in [0.2, 0.25) is 5.88 Å². The average molecular weight is 337 g/mol. The number of hydrogen-bond acceptors (Lipinski definition) is 5. The molecule has 0 aliphatic carbocycles. The normalized spacial score (nSPS) is 18.7. The van der Waals surface area contributed by atoms with Gasteiger partial charge in [-0.05, 0) is 31.0 Å². The molecule has 0 bridgehead atoms. The second-order valence-electron chi connectivity index (χ2n) is 6.47. The first kappa shape index (κ1) is 17.4. The van der Waals surface area contributed by atoms with E-state index >= 15 is 0 Å². The summed E-state index contributed by atoms with van der Waals surface area (Å²) in [6, 6.07) is 15.7. The summed E-state index contributed by atoms with van der Waals surface area (Å²) in [5.41, 5.74) is 2.33. The standard InChI is InChI=1S/C20H23N3O2/c1-15-7-8-17(13-21)20(22-15)25-19(16-5-3-2-4-6-16)10-12-23-11-9-18(24)14-23/h2-8,18-19,24H,9-12,14H2,1H3/t18-,19?/m1/s1. The van der Waals surface area contributed by atoms with E-state index in [2.05, 4.69) is 16.0 Å². The van der Waals surface area contributed by atoms with Crippen LogP contribution in [0.4, 0.5) is 0 Å². The highest BCUT2D eigenvalue weighted by molar-refractivity contribution is 5.39. The highest BCUT2D eigenvalue weighted by Gasteiger charge is 2.23. The molecule has 1 N–H and O–H groups in total. The van der Waals surface area contributed by atoms with Crippen LogP contribution < -0.4 is 4.74 Å². The zero-order chi connectivity index (χ0) is 17.6. The molecule has 2 aromatic rings. The summed E-state index contributed by atoms with van der Waals surface area (Å²) >= 11 is 0. The molecule has 2 atom stereocenters. The van der Waals surface area contributed by atoms with Crippen LogP contribution in [-0.2, 0) is 0 Å². The molecule has 2 heterocycles. The van der Waals surface area contributed by atoms with Crippen LogP contribution in [0.5, 0.6) is 5.88 Å². The minimum Gasteiger partial charge on any atom is -0.468 e. The summed E-state index contributed by atoms with van der Waals surface area (Å²) in [6.07, 6.45) is 1.20. The molecule has 1 aliphatic rings. The Morgan fingerprint density at radius 3 is 2.80 bits per heavy atom. The van der Waals surface area contributed by atoms with Crippen LogP contribution in [0.2, 0.25) is 0 Å². The monoisotopic (exact) mass is 337 g/mol.